The molecule has 1 fully saturated rings. The third-order valence-corrected chi connectivity index (χ3v) is 4.22. The molecular formula is C18H21FN2. The Labute approximate surface area is 125 Å². The highest BCUT2D eigenvalue weighted by Crippen LogP contribution is 2.23. The first-order valence-corrected chi connectivity index (χ1v) is 7.59. The number of halogens is 1. The summed E-state index contributed by atoms with van der Waals surface area (Å²) in [6, 6.07) is 15.1. The highest BCUT2D eigenvalue weighted by Gasteiger charge is 2.19. The molecule has 0 saturated carbocycles. The fourth-order valence-corrected chi connectivity index (χ4v) is 2.75. The van der Waals surface area contributed by atoms with Crippen LogP contribution in [0.25, 0.3) is 11.1 Å². The van der Waals surface area contributed by atoms with Crippen LogP contribution in [-0.2, 0) is 0 Å². The molecule has 1 heterocycles. The van der Waals surface area contributed by atoms with Crippen molar-refractivity contribution in [2.45, 2.75) is 19.5 Å². The van der Waals surface area contributed by atoms with E-state index in [1.165, 1.54) is 24.1 Å². The predicted octanol–water partition coefficient (Wildman–Crippen LogP) is 3.71. The number of hydrogen-bond donors (Lipinski definition) is 2. The zero-order valence-electron chi connectivity index (χ0n) is 12.3. The van der Waals surface area contributed by atoms with Crippen LogP contribution >= 0.6 is 0 Å². The Balaban J connectivity index is 1.71. The van der Waals surface area contributed by atoms with E-state index in [9.17, 15) is 4.39 Å². The molecule has 1 saturated heterocycles. The van der Waals surface area contributed by atoms with Gasteiger partial charge in [0.25, 0.3) is 0 Å². The number of nitrogens with one attached hydrogen (secondary N) is 2. The van der Waals surface area contributed by atoms with Gasteiger partial charge in [0.05, 0.1) is 6.17 Å². The van der Waals surface area contributed by atoms with Crippen LogP contribution in [0, 0.1) is 11.7 Å². The van der Waals surface area contributed by atoms with Crippen molar-refractivity contribution in [3.63, 3.8) is 0 Å². The molecule has 0 radical (unpaired) electrons. The molecule has 0 aliphatic carbocycles. The first-order chi connectivity index (χ1) is 10.3. The molecule has 3 rings (SSSR count). The van der Waals surface area contributed by atoms with Crippen molar-refractivity contribution >= 4 is 0 Å². The van der Waals surface area contributed by atoms with E-state index in [4.69, 9.17) is 0 Å². The first kappa shape index (κ1) is 14.2. The van der Waals surface area contributed by atoms with Crippen LogP contribution in [0.4, 0.5) is 4.39 Å². The molecule has 0 spiro atoms. The summed E-state index contributed by atoms with van der Waals surface area (Å²) in [4.78, 5) is 0. The third-order valence-electron chi connectivity index (χ3n) is 4.22. The normalized spacial score (nSPS) is 22.2. The second-order valence-electron chi connectivity index (χ2n) is 5.65. The van der Waals surface area contributed by atoms with Crippen molar-refractivity contribution in [3.05, 3.63) is 59.9 Å². The molecule has 21 heavy (non-hydrogen) atoms. The molecule has 0 amide bonds. The minimum atomic E-state index is -0.198. The minimum Gasteiger partial charge on any atom is -0.298 e. The quantitative estimate of drug-likeness (QED) is 0.898. The van der Waals surface area contributed by atoms with E-state index in [-0.39, 0.29) is 12.0 Å². The number of hydrogen-bond acceptors (Lipinski definition) is 2. The van der Waals surface area contributed by atoms with Gasteiger partial charge in [-0.25, -0.2) is 4.39 Å². The summed E-state index contributed by atoms with van der Waals surface area (Å²) in [7, 11) is 0. The average Bonchev–Trinajstić information content (AvgIpc) is 2.56. The molecule has 110 valence electrons. The van der Waals surface area contributed by atoms with Crippen molar-refractivity contribution in [1.82, 2.24) is 10.6 Å². The Hall–Kier alpha value is -1.71. The van der Waals surface area contributed by atoms with E-state index in [1.54, 1.807) is 0 Å². The van der Waals surface area contributed by atoms with E-state index in [0.29, 0.717) is 0 Å². The van der Waals surface area contributed by atoms with Crippen molar-refractivity contribution < 1.29 is 4.39 Å². The summed E-state index contributed by atoms with van der Waals surface area (Å²) in [5.41, 5.74) is 3.40. The second kappa shape index (κ2) is 6.37. The lowest BCUT2D eigenvalue weighted by Crippen LogP contribution is -2.46. The van der Waals surface area contributed by atoms with Crippen molar-refractivity contribution in [1.29, 1.82) is 0 Å². The molecule has 0 unspecified atom stereocenters. The van der Waals surface area contributed by atoms with Gasteiger partial charge in [0.2, 0.25) is 0 Å². The maximum absolute atomic E-state index is 13.0. The summed E-state index contributed by atoms with van der Waals surface area (Å²) in [6.07, 6.45) is 1.44. The van der Waals surface area contributed by atoms with Gasteiger partial charge in [0.1, 0.15) is 5.82 Å². The lowest BCUT2D eigenvalue weighted by Gasteiger charge is -2.31. The van der Waals surface area contributed by atoms with Crippen LogP contribution in [-0.4, -0.2) is 13.1 Å². The van der Waals surface area contributed by atoms with E-state index < -0.39 is 0 Å². The molecule has 2 aromatic rings. The van der Waals surface area contributed by atoms with E-state index in [1.807, 2.05) is 12.1 Å². The number of rotatable bonds is 3. The zero-order chi connectivity index (χ0) is 14.7. The Morgan fingerprint density at radius 2 is 1.43 bits per heavy atom. The fraction of sp³-hybridized carbons (Fsp3) is 0.333. The molecule has 0 bridgehead atoms. The van der Waals surface area contributed by atoms with Gasteiger partial charge in [-0.15, -0.1) is 0 Å². The van der Waals surface area contributed by atoms with Crippen molar-refractivity contribution in [2.24, 2.45) is 5.92 Å². The molecule has 3 heteroatoms. The van der Waals surface area contributed by atoms with Gasteiger partial charge in [-0.2, -0.15) is 0 Å². The Morgan fingerprint density at radius 3 is 1.95 bits per heavy atom. The van der Waals surface area contributed by atoms with Gasteiger partial charge < -0.3 is 0 Å². The van der Waals surface area contributed by atoms with Crippen LogP contribution in [0.3, 0.4) is 0 Å². The molecule has 2 aromatic carbocycles. The highest BCUT2D eigenvalue weighted by atomic mass is 19.1. The SMILES string of the molecule is CCC1CNC(c2ccc(-c3ccc(F)cc3)cc2)NC1. The topological polar surface area (TPSA) is 24.1 Å². The van der Waals surface area contributed by atoms with Gasteiger partial charge in [0.15, 0.2) is 0 Å². The largest absolute Gasteiger partial charge is 0.298 e. The number of benzene rings is 2. The summed E-state index contributed by atoms with van der Waals surface area (Å²) in [6.45, 7) is 4.35. The Morgan fingerprint density at radius 1 is 0.905 bits per heavy atom. The van der Waals surface area contributed by atoms with Crippen molar-refractivity contribution in [3.8, 4) is 11.1 Å². The summed E-state index contributed by atoms with van der Waals surface area (Å²) >= 11 is 0. The van der Waals surface area contributed by atoms with Gasteiger partial charge >= 0.3 is 0 Å². The van der Waals surface area contributed by atoms with E-state index in [2.05, 4.69) is 41.8 Å². The van der Waals surface area contributed by atoms with Crippen molar-refractivity contribution in [2.75, 3.05) is 13.1 Å². The molecule has 0 atom stereocenters. The maximum atomic E-state index is 13.0. The molecular weight excluding hydrogens is 263 g/mol. The molecule has 2 nitrogen and oxygen atoms in total. The van der Waals surface area contributed by atoms with E-state index in [0.717, 1.165) is 30.1 Å². The lowest BCUT2D eigenvalue weighted by molar-refractivity contribution is 0.294. The van der Waals surface area contributed by atoms with Gasteiger partial charge in [-0.3, -0.25) is 10.6 Å². The summed E-state index contributed by atoms with van der Waals surface area (Å²) in [5.74, 6) is 0.524. The van der Waals surface area contributed by atoms with Crippen LogP contribution in [0.2, 0.25) is 0 Å². The lowest BCUT2D eigenvalue weighted by atomic mass is 10.00. The smallest absolute Gasteiger partial charge is 0.123 e. The minimum absolute atomic E-state index is 0.198. The second-order valence-corrected chi connectivity index (χ2v) is 5.65. The molecule has 1 aliphatic heterocycles. The molecule has 1 aliphatic rings. The monoisotopic (exact) mass is 284 g/mol. The maximum Gasteiger partial charge on any atom is 0.123 e. The predicted molar refractivity (Wildman–Crippen MR) is 84.4 cm³/mol. The van der Waals surface area contributed by atoms with Gasteiger partial charge in [-0.05, 0) is 34.7 Å². The fourth-order valence-electron chi connectivity index (χ4n) is 2.75. The van der Waals surface area contributed by atoms with E-state index >= 15 is 0 Å². The van der Waals surface area contributed by atoms with Crippen LogP contribution in [0.5, 0.6) is 0 Å². The highest BCUT2D eigenvalue weighted by molar-refractivity contribution is 5.63. The summed E-state index contributed by atoms with van der Waals surface area (Å²) < 4.78 is 13.0. The zero-order valence-corrected chi connectivity index (χ0v) is 12.3. The first-order valence-electron chi connectivity index (χ1n) is 7.59. The van der Waals surface area contributed by atoms with Crippen LogP contribution < -0.4 is 10.6 Å². The molecule has 0 aromatic heterocycles. The standard InChI is InChI=1S/C18H21FN2/c1-2-13-11-20-18(21-12-13)16-5-3-14(4-6-16)15-7-9-17(19)10-8-15/h3-10,13,18,20-21H,2,11-12H2,1H3. The van der Waals surface area contributed by atoms with Gasteiger partial charge in [0, 0.05) is 13.1 Å². The Bertz CT molecular complexity index is 569. The third kappa shape index (κ3) is 3.31. The van der Waals surface area contributed by atoms with Crippen LogP contribution in [0.15, 0.2) is 48.5 Å². The molecule has 2 N–H and O–H groups in total. The van der Waals surface area contributed by atoms with Gasteiger partial charge in [-0.1, -0.05) is 49.7 Å². The average molecular weight is 284 g/mol. The Kier molecular flexibility index (Phi) is 4.32. The summed E-state index contributed by atoms with van der Waals surface area (Å²) in [5, 5.41) is 7.08. The van der Waals surface area contributed by atoms with Crippen LogP contribution in [0.1, 0.15) is 25.1 Å².